The van der Waals surface area contributed by atoms with Crippen LogP contribution in [0.15, 0.2) is 48.5 Å². The molecule has 0 amide bonds. The predicted molar refractivity (Wildman–Crippen MR) is 106 cm³/mol. The average molecular weight is 438 g/mol. The van der Waals surface area contributed by atoms with Crippen LogP contribution < -0.4 is 0 Å². The number of benzene rings is 2. The summed E-state index contributed by atoms with van der Waals surface area (Å²) >= 11 is 0. The third kappa shape index (κ3) is 6.53. The van der Waals surface area contributed by atoms with E-state index in [1.807, 2.05) is 0 Å². The molecule has 8 heteroatoms. The lowest BCUT2D eigenvalue weighted by atomic mass is 9.97. The zero-order chi connectivity index (χ0) is 22.6. The van der Waals surface area contributed by atoms with Crippen LogP contribution in [0.1, 0.15) is 55.4 Å². The van der Waals surface area contributed by atoms with Gasteiger partial charge in [-0.1, -0.05) is 30.3 Å². The van der Waals surface area contributed by atoms with Gasteiger partial charge in [-0.25, -0.2) is 4.79 Å². The first-order valence-corrected chi connectivity index (χ1v) is 9.86. The van der Waals surface area contributed by atoms with E-state index in [0.717, 1.165) is 12.1 Å². The van der Waals surface area contributed by atoms with Crippen molar-refractivity contribution in [1.82, 2.24) is 0 Å². The molecule has 0 aliphatic carbocycles. The van der Waals surface area contributed by atoms with Crippen LogP contribution in [0, 0.1) is 0 Å². The molecule has 2 aromatic rings. The Bertz CT molecular complexity index is 899. The molecule has 0 spiro atoms. The number of esters is 1. The van der Waals surface area contributed by atoms with Gasteiger partial charge in [0.1, 0.15) is 18.3 Å². The Morgan fingerprint density at radius 1 is 1.03 bits per heavy atom. The van der Waals surface area contributed by atoms with Crippen molar-refractivity contribution in [3.05, 3.63) is 70.8 Å². The molecule has 1 fully saturated rings. The van der Waals surface area contributed by atoms with Crippen LogP contribution in [0.25, 0.3) is 0 Å². The zero-order valence-corrected chi connectivity index (χ0v) is 17.6. The first-order valence-electron chi connectivity index (χ1n) is 9.86. The van der Waals surface area contributed by atoms with Gasteiger partial charge in [0.05, 0.1) is 18.8 Å². The van der Waals surface area contributed by atoms with Crippen molar-refractivity contribution in [2.75, 3.05) is 19.8 Å². The summed E-state index contributed by atoms with van der Waals surface area (Å²) in [7, 11) is 0. The summed E-state index contributed by atoms with van der Waals surface area (Å²) in [6, 6.07) is 11.9. The van der Waals surface area contributed by atoms with Crippen LogP contribution in [0.3, 0.4) is 0 Å². The maximum Gasteiger partial charge on any atom is 0.416 e. The molecule has 1 heterocycles. The standard InChI is InChI=1S/C23H25F3O5/c1-22(2,3)31-19(27)14-30-20(16-7-5-9-18(13-16)23(24,25)26)15-6-4-8-17(12-15)21-28-10-11-29-21/h4-9,12-13,20-21H,10-11,14H2,1-3H3. The summed E-state index contributed by atoms with van der Waals surface area (Å²) in [5.41, 5.74) is 0.0500. The molecule has 1 aliphatic rings. The van der Waals surface area contributed by atoms with Crippen molar-refractivity contribution >= 4 is 5.97 Å². The highest BCUT2D eigenvalue weighted by Gasteiger charge is 2.32. The highest BCUT2D eigenvalue weighted by atomic mass is 19.4. The first kappa shape index (κ1) is 23.2. The van der Waals surface area contributed by atoms with Gasteiger partial charge < -0.3 is 18.9 Å². The maximum atomic E-state index is 13.3. The second-order valence-electron chi connectivity index (χ2n) is 8.14. The molecule has 0 aromatic heterocycles. The van der Waals surface area contributed by atoms with E-state index in [2.05, 4.69) is 0 Å². The number of hydrogen-bond acceptors (Lipinski definition) is 5. The van der Waals surface area contributed by atoms with Crippen LogP contribution in [0.4, 0.5) is 13.2 Å². The van der Waals surface area contributed by atoms with Gasteiger partial charge in [-0.3, -0.25) is 0 Å². The summed E-state index contributed by atoms with van der Waals surface area (Å²) in [6.45, 7) is 5.67. The van der Waals surface area contributed by atoms with Crippen molar-refractivity contribution in [2.24, 2.45) is 0 Å². The predicted octanol–water partition coefficient (Wildman–Crippen LogP) is 5.20. The Labute approximate surface area is 179 Å². The number of halogens is 3. The molecule has 1 saturated heterocycles. The summed E-state index contributed by atoms with van der Waals surface area (Å²) in [4.78, 5) is 12.2. The van der Waals surface area contributed by atoms with Crippen LogP contribution in [0.5, 0.6) is 0 Å². The number of rotatable bonds is 6. The fourth-order valence-electron chi connectivity index (χ4n) is 3.20. The average Bonchev–Trinajstić information content (AvgIpc) is 3.21. The molecule has 2 aromatic carbocycles. The Hall–Kier alpha value is -2.42. The SMILES string of the molecule is CC(C)(C)OC(=O)COC(c1cccc(C2OCCO2)c1)c1cccc(C(F)(F)F)c1. The van der Waals surface area contributed by atoms with E-state index in [0.29, 0.717) is 24.3 Å². The molecule has 0 radical (unpaired) electrons. The highest BCUT2D eigenvalue weighted by molar-refractivity contribution is 5.71. The fourth-order valence-corrected chi connectivity index (χ4v) is 3.20. The molecule has 1 unspecified atom stereocenters. The summed E-state index contributed by atoms with van der Waals surface area (Å²) < 4.78 is 61.8. The van der Waals surface area contributed by atoms with Gasteiger partial charge in [0.2, 0.25) is 0 Å². The van der Waals surface area contributed by atoms with Gasteiger partial charge in [-0.2, -0.15) is 13.2 Å². The molecule has 0 N–H and O–H groups in total. The molecule has 3 rings (SSSR count). The molecular weight excluding hydrogens is 413 g/mol. The van der Waals surface area contributed by atoms with Crippen LogP contribution in [-0.4, -0.2) is 31.4 Å². The molecule has 0 bridgehead atoms. The molecule has 31 heavy (non-hydrogen) atoms. The number of carbonyl (C=O) groups excluding carboxylic acids is 1. The van der Waals surface area contributed by atoms with Crippen molar-refractivity contribution in [1.29, 1.82) is 0 Å². The van der Waals surface area contributed by atoms with E-state index in [1.165, 1.54) is 12.1 Å². The Balaban J connectivity index is 1.91. The summed E-state index contributed by atoms with van der Waals surface area (Å²) in [5, 5.41) is 0. The smallest absolute Gasteiger partial charge is 0.416 e. The van der Waals surface area contributed by atoms with E-state index in [4.69, 9.17) is 18.9 Å². The highest BCUT2D eigenvalue weighted by Crippen LogP contribution is 2.35. The minimum absolute atomic E-state index is 0.267. The van der Waals surface area contributed by atoms with Crippen LogP contribution in [-0.2, 0) is 29.9 Å². The number of alkyl halides is 3. The molecule has 5 nitrogen and oxygen atoms in total. The summed E-state index contributed by atoms with van der Waals surface area (Å²) in [6.07, 6.45) is -5.97. The van der Waals surface area contributed by atoms with Gasteiger partial charge in [0.15, 0.2) is 6.29 Å². The fraction of sp³-hybridized carbons (Fsp3) is 0.435. The lowest BCUT2D eigenvalue weighted by Crippen LogP contribution is -2.27. The van der Waals surface area contributed by atoms with Gasteiger partial charge in [-0.15, -0.1) is 0 Å². The van der Waals surface area contributed by atoms with Crippen molar-refractivity contribution in [2.45, 2.75) is 44.9 Å². The zero-order valence-electron chi connectivity index (χ0n) is 17.6. The Kier molecular flexibility index (Phi) is 7.03. The monoisotopic (exact) mass is 438 g/mol. The topological polar surface area (TPSA) is 54.0 Å². The number of ether oxygens (including phenoxy) is 4. The normalized spacial score (nSPS) is 16.3. The number of hydrogen-bond donors (Lipinski definition) is 0. The minimum atomic E-state index is -4.50. The Morgan fingerprint density at radius 3 is 2.26 bits per heavy atom. The van der Waals surface area contributed by atoms with Crippen LogP contribution >= 0.6 is 0 Å². The molecular formula is C23H25F3O5. The van der Waals surface area contributed by atoms with Gasteiger partial charge >= 0.3 is 12.1 Å². The lowest BCUT2D eigenvalue weighted by molar-refractivity contribution is -0.161. The third-order valence-electron chi connectivity index (χ3n) is 4.41. The molecule has 168 valence electrons. The molecule has 0 saturated carbocycles. The number of carbonyl (C=O) groups is 1. The Morgan fingerprint density at radius 2 is 1.65 bits per heavy atom. The first-order chi connectivity index (χ1) is 14.5. The second-order valence-corrected chi connectivity index (χ2v) is 8.14. The lowest BCUT2D eigenvalue weighted by Gasteiger charge is -2.23. The molecule has 1 aliphatic heterocycles. The van der Waals surface area contributed by atoms with Gasteiger partial charge in [0.25, 0.3) is 0 Å². The van der Waals surface area contributed by atoms with E-state index >= 15 is 0 Å². The van der Waals surface area contributed by atoms with Crippen LogP contribution in [0.2, 0.25) is 0 Å². The quantitative estimate of drug-likeness (QED) is 0.581. The van der Waals surface area contributed by atoms with Crippen molar-refractivity contribution in [3.63, 3.8) is 0 Å². The minimum Gasteiger partial charge on any atom is -0.458 e. The maximum absolute atomic E-state index is 13.3. The van der Waals surface area contributed by atoms with Crippen molar-refractivity contribution in [3.8, 4) is 0 Å². The van der Waals surface area contributed by atoms with Gasteiger partial charge in [-0.05, 0) is 50.1 Å². The second kappa shape index (κ2) is 9.38. The van der Waals surface area contributed by atoms with Gasteiger partial charge in [0, 0.05) is 5.56 Å². The largest absolute Gasteiger partial charge is 0.458 e. The van der Waals surface area contributed by atoms with E-state index in [1.54, 1.807) is 45.0 Å². The van der Waals surface area contributed by atoms with E-state index in [-0.39, 0.29) is 5.56 Å². The molecule has 1 atom stereocenters. The van der Waals surface area contributed by atoms with E-state index < -0.39 is 42.3 Å². The van der Waals surface area contributed by atoms with E-state index in [9.17, 15) is 18.0 Å². The van der Waals surface area contributed by atoms with Crippen molar-refractivity contribution < 1.29 is 36.9 Å². The summed E-state index contributed by atoms with van der Waals surface area (Å²) in [5.74, 6) is -0.608. The third-order valence-corrected chi connectivity index (χ3v) is 4.41.